The largest absolute Gasteiger partial charge is 0.496 e. The number of fused-ring (bicyclic) bond motifs is 1. The zero-order chi connectivity index (χ0) is 31.5. The molecule has 1 aromatic carbocycles. The average Bonchev–Trinajstić information content (AvgIpc) is 3.40. The molecular weight excluding hydrogens is 564 g/mol. The van der Waals surface area contributed by atoms with Crippen molar-refractivity contribution in [3.8, 4) is 5.75 Å². The Morgan fingerprint density at radius 3 is 2.52 bits per heavy atom. The SMILES string of the molecule is CCCCCNc1nc(N)nc2ccn(Cc3cc(CN4CCN(C(=O)CCNC(=O)CCC(=O)O)CC4)ccc3OC)c12. The highest BCUT2D eigenvalue weighted by molar-refractivity contribution is 5.87. The highest BCUT2D eigenvalue weighted by Gasteiger charge is 2.22. The van der Waals surface area contributed by atoms with E-state index in [1.165, 1.54) is 0 Å². The van der Waals surface area contributed by atoms with Crippen LogP contribution in [0.5, 0.6) is 5.75 Å². The second-order valence-corrected chi connectivity index (χ2v) is 11.0. The van der Waals surface area contributed by atoms with E-state index in [0.717, 1.165) is 79.2 Å². The Hall–Kier alpha value is -4.39. The number of nitrogens with zero attached hydrogens (tertiary/aromatic N) is 5. The number of piperazine rings is 1. The molecule has 1 aliphatic heterocycles. The molecule has 3 aromatic rings. The van der Waals surface area contributed by atoms with Crippen LogP contribution in [0.1, 0.15) is 56.6 Å². The average molecular weight is 609 g/mol. The zero-order valence-electron chi connectivity index (χ0n) is 25.7. The van der Waals surface area contributed by atoms with Crippen LogP contribution in [-0.2, 0) is 27.5 Å². The fourth-order valence-electron chi connectivity index (χ4n) is 5.39. The number of rotatable bonds is 16. The number of unbranched alkanes of at least 4 members (excludes halogenated alkanes) is 2. The Morgan fingerprint density at radius 1 is 1.00 bits per heavy atom. The number of aliphatic carboxylic acids is 1. The molecular formula is C31H44N8O5. The summed E-state index contributed by atoms with van der Waals surface area (Å²) in [5.41, 5.74) is 9.88. The third-order valence-corrected chi connectivity index (χ3v) is 7.74. The van der Waals surface area contributed by atoms with E-state index < -0.39 is 5.97 Å². The summed E-state index contributed by atoms with van der Waals surface area (Å²) < 4.78 is 7.84. The van der Waals surface area contributed by atoms with E-state index in [4.69, 9.17) is 15.6 Å². The summed E-state index contributed by atoms with van der Waals surface area (Å²) in [5, 5.41) is 14.7. The van der Waals surface area contributed by atoms with Crippen LogP contribution in [0, 0.1) is 0 Å². The van der Waals surface area contributed by atoms with Crippen molar-refractivity contribution in [3.63, 3.8) is 0 Å². The highest BCUT2D eigenvalue weighted by atomic mass is 16.5. The van der Waals surface area contributed by atoms with Crippen LogP contribution in [-0.4, -0.2) is 93.6 Å². The van der Waals surface area contributed by atoms with Gasteiger partial charge in [0.1, 0.15) is 11.3 Å². The first kappa shape index (κ1) is 32.5. The maximum absolute atomic E-state index is 12.6. The number of carboxylic acid groups (broad SMARTS) is 1. The lowest BCUT2D eigenvalue weighted by Gasteiger charge is -2.35. The number of hydrogen-bond donors (Lipinski definition) is 4. The number of nitrogen functional groups attached to an aromatic ring is 1. The van der Waals surface area contributed by atoms with Gasteiger partial charge in [0.05, 0.1) is 25.6 Å². The summed E-state index contributed by atoms with van der Waals surface area (Å²) in [6, 6.07) is 8.20. The number of amides is 2. The van der Waals surface area contributed by atoms with Crippen LogP contribution >= 0.6 is 0 Å². The summed E-state index contributed by atoms with van der Waals surface area (Å²) in [7, 11) is 1.68. The summed E-state index contributed by atoms with van der Waals surface area (Å²) in [6.45, 7) is 7.23. The summed E-state index contributed by atoms with van der Waals surface area (Å²) >= 11 is 0. The summed E-state index contributed by atoms with van der Waals surface area (Å²) in [5.74, 6) is 0.390. The molecule has 0 radical (unpaired) electrons. The Morgan fingerprint density at radius 2 is 1.80 bits per heavy atom. The lowest BCUT2D eigenvalue weighted by atomic mass is 10.1. The number of carbonyl (C=O) groups excluding carboxylic acids is 2. The van der Waals surface area contributed by atoms with Crippen molar-refractivity contribution >= 4 is 40.6 Å². The molecule has 0 saturated carbocycles. The van der Waals surface area contributed by atoms with Gasteiger partial charge in [-0.1, -0.05) is 25.8 Å². The number of carboxylic acids is 1. The van der Waals surface area contributed by atoms with E-state index in [1.807, 2.05) is 23.2 Å². The molecule has 2 amide bonds. The predicted molar refractivity (Wildman–Crippen MR) is 168 cm³/mol. The second kappa shape index (κ2) is 15.9. The topological polar surface area (TPSA) is 168 Å². The molecule has 238 valence electrons. The lowest BCUT2D eigenvalue weighted by Crippen LogP contribution is -2.48. The van der Waals surface area contributed by atoms with E-state index in [0.29, 0.717) is 19.6 Å². The molecule has 44 heavy (non-hydrogen) atoms. The van der Waals surface area contributed by atoms with Gasteiger partial charge in [-0.05, 0) is 30.2 Å². The third-order valence-electron chi connectivity index (χ3n) is 7.74. The van der Waals surface area contributed by atoms with Gasteiger partial charge in [0.15, 0.2) is 5.82 Å². The number of methoxy groups -OCH3 is 1. The van der Waals surface area contributed by atoms with Crippen molar-refractivity contribution in [1.29, 1.82) is 0 Å². The third kappa shape index (κ3) is 9.06. The van der Waals surface area contributed by atoms with Crippen molar-refractivity contribution in [1.82, 2.24) is 29.7 Å². The van der Waals surface area contributed by atoms with E-state index >= 15 is 0 Å². The van der Waals surface area contributed by atoms with Gasteiger partial charge in [0, 0.05) is 70.4 Å². The number of anilines is 2. The molecule has 13 nitrogen and oxygen atoms in total. The standard InChI is InChI=1S/C31H44N8O5/c1-3-4-5-12-34-30-29-24(35-31(32)36-30)11-14-39(29)21-23-19-22(6-7-25(23)44-2)20-37-15-17-38(18-16-37)27(41)10-13-33-26(40)8-9-28(42)43/h6-7,11,14,19H,3-5,8-10,12-13,15-18,20-21H2,1-2H3,(H,33,40)(H,42,43)(H3,32,34,35,36). The Kier molecular flexibility index (Phi) is 11.8. The molecule has 2 aromatic heterocycles. The normalized spacial score (nSPS) is 13.6. The molecule has 5 N–H and O–H groups in total. The van der Waals surface area contributed by atoms with Crippen LogP contribution < -0.4 is 21.1 Å². The predicted octanol–water partition coefficient (Wildman–Crippen LogP) is 2.69. The number of nitrogens with two attached hydrogens (primary N) is 1. The van der Waals surface area contributed by atoms with E-state index in [9.17, 15) is 14.4 Å². The van der Waals surface area contributed by atoms with Crippen LogP contribution in [0.4, 0.5) is 11.8 Å². The number of ether oxygens (including phenoxy) is 1. The molecule has 0 atom stereocenters. The molecule has 13 heteroatoms. The zero-order valence-corrected chi connectivity index (χ0v) is 25.7. The van der Waals surface area contributed by atoms with Crippen molar-refractivity contribution in [3.05, 3.63) is 41.6 Å². The maximum Gasteiger partial charge on any atom is 0.303 e. The first-order valence-electron chi connectivity index (χ1n) is 15.3. The van der Waals surface area contributed by atoms with Crippen molar-refractivity contribution in [2.75, 3.05) is 57.4 Å². The molecule has 0 unspecified atom stereocenters. The minimum atomic E-state index is -1.02. The Bertz CT molecular complexity index is 1430. The van der Waals surface area contributed by atoms with Crippen LogP contribution in [0.15, 0.2) is 30.5 Å². The molecule has 0 aliphatic carbocycles. The molecule has 4 rings (SSSR count). The van der Waals surface area contributed by atoms with E-state index in [-0.39, 0.29) is 43.6 Å². The van der Waals surface area contributed by atoms with Crippen molar-refractivity contribution in [2.45, 2.75) is 58.5 Å². The molecule has 1 aliphatic rings. The van der Waals surface area contributed by atoms with Gasteiger partial charge in [-0.25, -0.2) is 4.98 Å². The fraction of sp³-hybridized carbons (Fsp3) is 0.516. The van der Waals surface area contributed by atoms with Gasteiger partial charge in [-0.3, -0.25) is 19.3 Å². The first-order valence-corrected chi connectivity index (χ1v) is 15.3. The van der Waals surface area contributed by atoms with Gasteiger partial charge in [0.2, 0.25) is 17.8 Å². The summed E-state index contributed by atoms with van der Waals surface area (Å²) in [4.78, 5) is 48.0. The minimum absolute atomic E-state index is 0.0150. The Labute approximate surface area is 257 Å². The number of benzene rings is 1. The second-order valence-electron chi connectivity index (χ2n) is 11.0. The molecule has 1 saturated heterocycles. The number of aromatic nitrogens is 3. The van der Waals surface area contributed by atoms with Crippen molar-refractivity contribution in [2.24, 2.45) is 0 Å². The van der Waals surface area contributed by atoms with Gasteiger partial charge in [0.25, 0.3) is 0 Å². The first-order chi connectivity index (χ1) is 21.3. The minimum Gasteiger partial charge on any atom is -0.496 e. The number of nitrogens with one attached hydrogen (secondary N) is 2. The Balaban J connectivity index is 1.34. The van der Waals surface area contributed by atoms with Crippen molar-refractivity contribution < 1.29 is 24.2 Å². The monoisotopic (exact) mass is 608 g/mol. The number of carbonyl (C=O) groups is 3. The smallest absolute Gasteiger partial charge is 0.303 e. The van der Waals surface area contributed by atoms with Gasteiger partial charge < -0.3 is 35.7 Å². The number of hydrogen-bond acceptors (Lipinski definition) is 9. The molecule has 1 fully saturated rings. The molecule has 3 heterocycles. The molecule has 0 spiro atoms. The van der Waals surface area contributed by atoms with Crippen LogP contribution in [0.2, 0.25) is 0 Å². The summed E-state index contributed by atoms with van der Waals surface area (Å²) in [6.07, 6.45) is 5.23. The van der Waals surface area contributed by atoms with Gasteiger partial charge >= 0.3 is 5.97 Å². The maximum atomic E-state index is 12.6. The van der Waals surface area contributed by atoms with Crippen LogP contribution in [0.25, 0.3) is 11.0 Å². The van der Waals surface area contributed by atoms with Gasteiger partial charge in [-0.15, -0.1) is 0 Å². The lowest BCUT2D eigenvalue weighted by molar-refractivity contribution is -0.139. The quantitative estimate of drug-likeness (QED) is 0.178. The molecule has 0 bridgehead atoms. The highest BCUT2D eigenvalue weighted by Crippen LogP contribution is 2.27. The van der Waals surface area contributed by atoms with E-state index in [1.54, 1.807) is 7.11 Å². The fourth-order valence-corrected chi connectivity index (χ4v) is 5.39. The van der Waals surface area contributed by atoms with Crippen LogP contribution in [0.3, 0.4) is 0 Å². The van der Waals surface area contributed by atoms with E-state index in [2.05, 4.69) is 49.1 Å². The van der Waals surface area contributed by atoms with Gasteiger partial charge in [-0.2, -0.15) is 4.98 Å².